The number of nitrogens with one attached hydrogen (secondary N) is 2. The van der Waals surface area contributed by atoms with Gasteiger partial charge in [0.25, 0.3) is 5.91 Å². The Labute approximate surface area is 313 Å². The van der Waals surface area contributed by atoms with Crippen molar-refractivity contribution in [1.29, 1.82) is 0 Å². The second-order valence-corrected chi connectivity index (χ2v) is 13.6. The molecule has 18 heteroatoms. The highest BCUT2D eigenvalue weighted by Crippen LogP contribution is 2.18. The zero-order valence-corrected chi connectivity index (χ0v) is 30.6. The van der Waals surface area contributed by atoms with Gasteiger partial charge in [-0.05, 0) is 54.7 Å². The summed E-state index contributed by atoms with van der Waals surface area (Å²) < 4.78 is 52.2. The summed E-state index contributed by atoms with van der Waals surface area (Å²) in [5.74, 6) is -2.40. The molecule has 1 aromatic heterocycles. The van der Waals surface area contributed by atoms with Gasteiger partial charge in [-0.3, -0.25) is 14.4 Å². The van der Waals surface area contributed by atoms with Gasteiger partial charge in [-0.25, -0.2) is 23.2 Å². The van der Waals surface area contributed by atoms with E-state index >= 15 is 0 Å². The summed E-state index contributed by atoms with van der Waals surface area (Å²) in [6.45, 7) is 1.36. The van der Waals surface area contributed by atoms with E-state index in [0.717, 1.165) is 17.5 Å². The van der Waals surface area contributed by atoms with Gasteiger partial charge in [0.05, 0.1) is 56.7 Å². The van der Waals surface area contributed by atoms with Gasteiger partial charge in [0.1, 0.15) is 30.5 Å². The number of aryl methyl sites for hydroxylation is 2. The molecule has 0 fully saturated rings. The molecule has 0 aliphatic rings. The lowest BCUT2D eigenvalue weighted by Gasteiger charge is -2.09. The third kappa shape index (κ3) is 18.2. The summed E-state index contributed by atoms with van der Waals surface area (Å²) in [5, 5.41) is 22.4. The predicted octanol–water partition coefficient (Wildman–Crippen LogP) is 1.48. The quantitative estimate of drug-likeness (QED) is 0.0765. The molecule has 3 rings (SSSR count). The number of hydrogen-bond acceptors (Lipinski definition) is 13. The van der Waals surface area contributed by atoms with Crippen molar-refractivity contribution in [1.82, 2.24) is 20.6 Å². The van der Waals surface area contributed by atoms with Crippen LogP contribution >= 0.6 is 0 Å². The van der Waals surface area contributed by atoms with Crippen LogP contribution in [0.2, 0.25) is 0 Å². The monoisotopic (exact) mass is 774 g/mol. The predicted molar refractivity (Wildman–Crippen MR) is 192 cm³/mol. The SMILES string of the molecule is O=C(O)CCCOc1ccc(CCc2ccc(S(=O)(=O)Cc3ncc(C(=O)NCCOCCOCC(=O)NCCOCCOCC(=O)O)cn3)cc2)cc1. The molecule has 0 saturated carbocycles. The zero-order chi connectivity index (χ0) is 39.0. The van der Waals surface area contributed by atoms with Gasteiger partial charge in [-0.2, -0.15) is 0 Å². The van der Waals surface area contributed by atoms with Crippen LogP contribution in [0.1, 0.15) is 40.2 Å². The number of carboxylic acids is 2. The third-order valence-electron chi connectivity index (χ3n) is 7.30. The Bertz CT molecular complexity index is 1710. The van der Waals surface area contributed by atoms with Crippen LogP contribution in [-0.2, 0) is 61.8 Å². The van der Waals surface area contributed by atoms with Crippen LogP contribution in [0.3, 0.4) is 0 Å². The van der Waals surface area contributed by atoms with Gasteiger partial charge in [0.15, 0.2) is 9.84 Å². The van der Waals surface area contributed by atoms with E-state index in [9.17, 15) is 27.6 Å². The highest BCUT2D eigenvalue weighted by atomic mass is 32.2. The minimum Gasteiger partial charge on any atom is -0.494 e. The summed E-state index contributed by atoms with van der Waals surface area (Å²) in [6.07, 6.45) is 4.45. The smallest absolute Gasteiger partial charge is 0.329 e. The van der Waals surface area contributed by atoms with Crippen LogP contribution in [0.25, 0.3) is 0 Å². The topological polar surface area (TPSA) is 239 Å². The van der Waals surface area contributed by atoms with Gasteiger partial charge in [0, 0.05) is 31.9 Å². The minimum atomic E-state index is -3.74. The molecule has 0 radical (unpaired) electrons. The highest BCUT2D eigenvalue weighted by molar-refractivity contribution is 7.90. The molecule has 0 bridgehead atoms. The Balaban J connectivity index is 1.26. The molecule has 1 heterocycles. The maximum Gasteiger partial charge on any atom is 0.329 e. The molecular formula is C36H46N4O13S. The van der Waals surface area contributed by atoms with Crippen molar-refractivity contribution in [2.45, 2.75) is 36.3 Å². The molecule has 2 aromatic carbocycles. The van der Waals surface area contributed by atoms with Gasteiger partial charge in [0.2, 0.25) is 5.91 Å². The van der Waals surface area contributed by atoms with Crippen LogP contribution in [0.5, 0.6) is 5.75 Å². The molecule has 294 valence electrons. The Morgan fingerprint density at radius 3 is 1.80 bits per heavy atom. The number of carbonyl (C=O) groups excluding carboxylic acids is 2. The van der Waals surface area contributed by atoms with Crippen molar-refractivity contribution in [2.24, 2.45) is 0 Å². The zero-order valence-electron chi connectivity index (χ0n) is 29.8. The van der Waals surface area contributed by atoms with E-state index in [-0.39, 0.29) is 87.9 Å². The largest absolute Gasteiger partial charge is 0.494 e. The number of amides is 2. The van der Waals surface area contributed by atoms with Gasteiger partial charge < -0.3 is 44.5 Å². The van der Waals surface area contributed by atoms with Crippen molar-refractivity contribution in [2.75, 3.05) is 72.6 Å². The van der Waals surface area contributed by atoms with E-state index in [1.165, 1.54) is 12.4 Å². The Kier molecular flexibility index (Phi) is 19.6. The first-order valence-corrected chi connectivity index (χ1v) is 18.8. The molecule has 3 aromatic rings. The van der Waals surface area contributed by atoms with Crippen molar-refractivity contribution in [3.63, 3.8) is 0 Å². The summed E-state index contributed by atoms with van der Waals surface area (Å²) in [4.78, 5) is 53.4. The summed E-state index contributed by atoms with van der Waals surface area (Å²) in [6, 6.07) is 14.2. The molecule has 0 aliphatic carbocycles. The van der Waals surface area contributed by atoms with E-state index in [4.69, 9.17) is 33.9 Å². The van der Waals surface area contributed by atoms with Crippen molar-refractivity contribution in [3.8, 4) is 5.75 Å². The van der Waals surface area contributed by atoms with E-state index < -0.39 is 40.0 Å². The molecule has 0 unspecified atom stereocenters. The second kappa shape index (κ2) is 24.3. The van der Waals surface area contributed by atoms with Crippen LogP contribution < -0.4 is 15.4 Å². The van der Waals surface area contributed by atoms with Crippen LogP contribution in [0, 0.1) is 0 Å². The fourth-order valence-electron chi connectivity index (χ4n) is 4.53. The number of aliphatic carboxylic acids is 2. The summed E-state index contributed by atoms with van der Waals surface area (Å²) >= 11 is 0. The summed E-state index contributed by atoms with van der Waals surface area (Å²) in [7, 11) is -3.74. The van der Waals surface area contributed by atoms with E-state index in [1.54, 1.807) is 24.3 Å². The number of rotatable bonds is 28. The number of benzene rings is 2. The Morgan fingerprint density at radius 1 is 0.648 bits per heavy atom. The van der Waals surface area contributed by atoms with Crippen molar-refractivity contribution in [3.05, 3.63) is 83.4 Å². The molecule has 0 spiro atoms. The number of nitrogens with zero attached hydrogens (tertiary/aromatic N) is 2. The first kappa shape index (κ1) is 43.4. The first-order valence-electron chi connectivity index (χ1n) is 17.2. The van der Waals surface area contributed by atoms with Crippen molar-refractivity contribution < 1.29 is 61.5 Å². The average molecular weight is 775 g/mol. The maximum atomic E-state index is 13.0. The van der Waals surface area contributed by atoms with Gasteiger partial charge in [-0.1, -0.05) is 24.3 Å². The van der Waals surface area contributed by atoms with Gasteiger partial charge >= 0.3 is 11.9 Å². The fourth-order valence-corrected chi connectivity index (χ4v) is 5.74. The average Bonchev–Trinajstić information content (AvgIpc) is 3.15. The first-order chi connectivity index (χ1) is 26.0. The number of carboxylic acid groups (broad SMARTS) is 2. The fraction of sp³-hybridized carbons (Fsp3) is 0.444. The van der Waals surface area contributed by atoms with Crippen LogP contribution in [-0.4, -0.2) is 125 Å². The molecular weight excluding hydrogens is 728 g/mol. The maximum absolute atomic E-state index is 13.0. The normalized spacial score (nSPS) is 11.2. The lowest BCUT2D eigenvalue weighted by Crippen LogP contribution is -2.31. The molecule has 4 N–H and O–H groups in total. The lowest BCUT2D eigenvalue weighted by molar-refractivity contribution is -0.143. The standard InChI is InChI=1S/C36H46N4O13S/c41-33(37-13-16-49-19-21-52-25-35(44)45)24-51-20-18-50-17-14-38-36(46)29-22-39-32(40-23-29)26-54(47,48)31-11-7-28(8-12-31)4-3-27-5-9-30(10-6-27)53-15-1-2-34(42)43/h5-12,22-23H,1-4,13-21,24-26H2,(H,37,41)(H,38,46)(H,42,43)(H,44,45). The van der Waals surface area contributed by atoms with E-state index in [1.807, 2.05) is 24.3 Å². The number of carbonyl (C=O) groups is 4. The van der Waals surface area contributed by atoms with E-state index in [0.29, 0.717) is 25.2 Å². The summed E-state index contributed by atoms with van der Waals surface area (Å²) in [5.41, 5.74) is 2.20. The number of sulfone groups is 1. The molecule has 0 aliphatic heterocycles. The van der Waals surface area contributed by atoms with E-state index in [2.05, 4.69) is 20.6 Å². The third-order valence-corrected chi connectivity index (χ3v) is 8.93. The number of aromatic nitrogens is 2. The number of ether oxygens (including phenoxy) is 5. The molecule has 2 amide bonds. The van der Waals surface area contributed by atoms with Crippen LogP contribution in [0.4, 0.5) is 0 Å². The number of hydrogen-bond donors (Lipinski definition) is 4. The Morgan fingerprint density at radius 2 is 1.20 bits per heavy atom. The minimum absolute atomic E-state index is 0.0513. The van der Waals surface area contributed by atoms with Gasteiger partial charge in [-0.15, -0.1) is 0 Å². The highest BCUT2D eigenvalue weighted by Gasteiger charge is 2.18. The molecule has 54 heavy (non-hydrogen) atoms. The van der Waals surface area contributed by atoms with Crippen LogP contribution in [0.15, 0.2) is 65.8 Å². The molecule has 0 atom stereocenters. The Hall–Kier alpha value is -5.01. The second-order valence-electron chi connectivity index (χ2n) is 11.6. The molecule has 17 nitrogen and oxygen atoms in total. The molecule has 0 saturated heterocycles. The van der Waals surface area contributed by atoms with Crippen molar-refractivity contribution >= 4 is 33.6 Å². The lowest BCUT2D eigenvalue weighted by atomic mass is 10.0.